The Hall–Kier alpha value is -1.51. The fourth-order valence-electron chi connectivity index (χ4n) is 2.06. The number of hydrogen-bond donors (Lipinski definition) is 1. The number of carboxylic acids is 1. The molecule has 0 aliphatic carbocycles. The van der Waals surface area contributed by atoms with Crippen molar-refractivity contribution in [2.75, 3.05) is 6.61 Å². The van der Waals surface area contributed by atoms with Crippen LogP contribution in [-0.4, -0.2) is 17.7 Å². The molecule has 0 aliphatic rings. The minimum atomic E-state index is -0.781. The summed E-state index contributed by atoms with van der Waals surface area (Å²) in [6, 6.07) is 6.10. The van der Waals surface area contributed by atoms with Gasteiger partial charge in [-0.2, -0.15) is 0 Å². The Morgan fingerprint density at radius 1 is 1.37 bits per heavy atom. The number of rotatable bonds is 5. The maximum Gasteiger partial charge on any atom is 0.303 e. The lowest BCUT2D eigenvalue weighted by Crippen LogP contribution is -2.13. The highest BCUT2D eigenvalue weighted by Gasteiger charge is 2.20. The van der Waals surface area contributed by atoms with E-state index in [-0.39, 0.29) is 17.8 Å². The summed E-state index contributed by atoms with van der Waals surface area (Å²) in [6.07, 6.45) is 0.119. The molecule has 1 aromatic carbocycles. The normalized spacial score (nSPS) is 13.1. The van der Waals surface area contributed by atoms with Crippen molar-refractivity contribution in [3.63, 3.8) is 0 Å². The van der Waals surface area contributed by atoms with Crippen LogP contribution in [0, 0.1) is 0 Å². The molecule has 19 heavy (non-hydrogen) atoms. The standard InChI is InChI=1S/C16H24O3/c1-6-19-14-8-7-12(16(3,4)5)10-13(14)11(2)9-15(17)18/h7-8,10-11H,6,9H2,1-5H3,(H,17,18). The average molecular weight is 264 g/mol. The van der Waals surface area contributed by atoms with Crippen LogP contribution in [0.4, 0.5) is 0 Å². The molecular formula is C16H24O3. The zero-order valence-electron chi connectivity index (χ0n) is 12.5. The first-order chi connectivity index (χ1) is 8.75. The van der Waals surface area contributed by atoms with Gasteiger partial charge in [-0.1, -0.05) is 39.8 Å². The van der Waals surface area contributed by atoms with Gasteiger partial charge in [0, 0.05) is 0 Å². The lowest BCUT2D eigenvalue weighted by Gasteiger charge is -2.23. The van der Waals surface area contributed by atoms with E-state index in [0.29, 0.717) is 6.61 Å². The summed E-state index contributed by atoms with van der Waals surface area (Å²) in [6.45, 7) is 10.9. The molecule has 0 heterocycles. The second kappa shape index (κ2) is 6.09. The fraction of sp³-hybridized carbons (Fsp3) is 0.562. The van der Waals surface area contributed by atoms with Crippen molar-refractivity contribution in [3.05, 3.63) is 29.3 Å². The zero-order chi connectivity index (χ0) is 14.6. The smallest absolute Gasteiger partial charge is 0.303 e. The van der Waals surface area contributed by atoms with E-state index in [1.807, 2.05) is 19.9 Å². The molecule has 1 aromatic rings. The summed E-state index contributed by atoms with van der Waals surface area (Å²) in [7, 11) is 0. The molecule has 0 amide bonds. The molecule has 1 rings (SSSR count). The number of ether oxygens (including phenoxy) is 1. The van der Waals surface area contributed by atoms with Crippen molar-refractivity contribution in [1.29, 1.82) is 0 Å². The van der Waals surface area contributed by atoms with E-state index in [1.54, 1.807) is 0 Å². The molecule has 0 aliphatic heterocycles. The maximum absolute atomic E-state index is 10.9. The van der Waals surface area contributed by atoms with Crippen LogP contribution in [0.3, 0.4) is 0 Å². The molecule has 1 unspecified atom stereocenters. The topological polar surface area (TPSA) is 46.5 Å². The summed E-state index contributed by atoms with van der Waals surface area (Å²) in [4.78, 5) is 10.9. The molecule has 0 saturated carbocycles. The molecule has 3 heteroatoms. The van der Waals surface area contributed by atoms with E-state index in [2.05, 4.69) is 32.9 Å². The van der Waals surface area contributed by atoms with Gasteiger partial charge >= 0.3 is 5.97 Å². The minimum Gasteiger partial charge on any atom is -0.494 e. The van der Waals surface area contributed by atoms with Gasteiger partial charge in [0.2, 0.25) is 0 Å². The number of carbonyl (C=O) groups is 1. The van der Waals surface area contributed by atoms with Crippen LogP contribution in [0.25, 0.3) is 0 Å². The SMILES string of the molecule is CCOc1ccc(C(C)(C)C)cc1C(C)CC(=O)O. The Balaban J connectivity index is 3.18. The van der Waals surface area contributed by atoms with Gasteiger partial charge in [-0.15, -0.1) is 0 Å². The number of benzene rings is 1. The van der Waals surface area contributed by atoms with Crippen molar-refractivity contribution in [2.24, 2.45) is 0 Å². The van der Waals surface area contributed by atoms with Crippen molar-refractivity contribution >= 4 is 5.97 Å². The second-order valence-corrected chi connectivity index (χ2v) is 5.93. The van der Waals surface area contributed by atoms with Crippen LogP contribution in [-0.2, 0) is 10.2 Å². The quantitative estimate of drug-likeness (QED) is 0.875. The Bertz CT molecular complexity index is 444. The van der Waals surface area contributed by atoms with Gasteiger partial charge in [0.1, 0.15) is 5.75 Å². The monoisotopic (exact) mass is 264 g/mol. The van der Waals surface area contributed by atoms with Crippen LogP contribution in [0.15, 0.2) is 18.2 Å². The highest BCUT2D eigenvalue weighted by atomic mass is 16.5. The van der Waals surface area contributed by atoms with Gasteiger partial charge in [-0.3, -0.25) is 4.79 Å². The minimum absolute atomic E-state index is 0.0441. The molecule has 3 nitrogen and oxygen atoms in total. The Morgan fingerprint density at radius 2 is 2.00 bits per heavy atom. The zero-order valence-corrected chi connectivity index (χ0v) is 12.5. The first kappa shape index (κ1) is 15.5. The van der Waals surface area contributed by atoms with E-state index in [4.69, 9.17) is 9.84 Å². The third-order valence-electron chi connectivity index (χ3n) is 3.19. The largest absolute Gasteiger partial charge is 0.494 e. The van der Waals surface area contributed by atoms with Crippen LogP contribution in [0.1, 0.15) is 58.1 Å². The van der Waals surface area contributed by atoms with E-state index >= 15 is 0 Å². The molecule has 0 aromatic heterocycles. The predicted molar refractivity (Wildman–Crippen MR) is 77.0 cm³/mol. The molecule has 0 saturated heterocycles. The number of carboxylic acid groups (broad SMARTS) is 1. The third kappa shape index (κ3) is 4.27. The molecular weight excluding hydrogens is 240 g/mol. The average Bonchev–Trinajstić information content (AvgIpc) is 2.27. The molecule has 1 atom stereocenters. The van der Waals surface area contributed by atoms with E-state index in [9.17, 15) is 4.79 Å². The molecule has 1 N–H and O–H groups in total. The molecule has 0 bridgehead atoms. The number of hydrogen-bond acceptors (Lipinski definition) is 2. The van der Waals surface area contributed by atoms with E-state index in [1.165, 1.54) is 5.56 Å². The summed E-state index contributed by atoms with van der Waals surface area (Å²) >= 11 is 0. The molecule has 0 radical (unpaired) electrons. The van der Waals surface area contributed by atoms with Crippen molar-refractivity contribution < 1.29 is 14.6 Å². The Morgan fingerprint density at radius 3 is 2.47 bits per heavy atom. The van der Waals surface area contributed by atoms with Gasteiger partial charge in [0.25, 0.3) is 0 Å². The molecule has 0 spiro atoms. The van der Waals surface area contributed by atoms with Gasteiger partial charge in [-0.05, 0) is 35.4 Å². The molecule has 106 valence electrons. The summed E-state index contributed by atoms with van der Waals surface area (Å²) in [5.41, 5.74) is 2.22. The third-order valence-corrected chi connectivity index (χ3v) is 3.19. The van der Waals surface area contributed by atoms with Crippen molar-refractivity contribution in [1.82, 2.24) is 0 Å². The summed E-state index contributed by atoms with van der Waals surface area (Å²) in [5.74, 6) is -0.0401. The highest BCUT2D eigenvalue weighted by Crippen LogP contribution is 2.33. The Labute approximate surface area is 115 Å². The summed E-state index contributed by atoms with van der Waals surface area (Å²) in [5, 5.41) is 8.95. The van der Waals surface area contributed by atoms with Gasteiger partial charge in [0.05, 0.1) is 13.0 Å². The maximum atomic E-state index is 10.9. The first-order valence-electron chi connectivity index (χ1n) is 6.74. The lowest BCUT2D eigenvalue weighted by molar-refractivity contribution is -0.137. The van der Waals surface area contributed by atoms with Gasteiger partial charge in [-0.25, -0.2) is 0 Å². The van der Waals surface area contributed by atoms with Crippen molar-refractivity contribution in [2.45, 2.75) is 52.4 Å². The molecule has 0 fully saturated rings. The van der Waals surface area contributed by atoms with Crippen LogP contribution < -0.4 is 4.74 Å². The van der Waals surface area contributed by atoms with Crippen molar-refractivity contribution in [3.8, 4) is 5.75 Å². The fourth-order valence-corrected chi connectivity index (χ4v) is 2.06. The van der Waals surface area contributed by atoms with Gasteiger partial charge < -0.3 is 9.84 Å². The first-order valence-corrected chi connectivity index (χ1v) is 6.74. The Kier molecular flexibility index (Phi) is 4.98. The number of aliphatic carboxylic acids is 1. The van der Waals surface area contributed by atoms with Crippen LogP contribution >= 0.6 is 0 Å². The summed E-state index contributed by atoms with van der Waals surface area (Å²) < 4.78 is 5.61. The van der Waals surface area contributed by atoms with E-state index < -0.39 is 5.97 Å². The van der Waals surface area contributed by atoms with E-state index in [0.717, 1.165) is 11.3 Å². The lowest BCUT2D eigenvalue weighted by atomic mass is 9.84. The van der Waals surface area contributed by atoms with Crippen LogP contribution in [0.2, 0.25) is 0 Å². The second-order valence-electron chi connectivity index (χ2n) is 5.93. The predicted octanol–water partition coefficient (Wildman–Crippen LogP) is 3.96. The highest BCUT2D eigenvalue weighted by molar-refractivity contribution is 5.68. The van der Waals surface area contributed by atoms with Gasteiger partial charge in [0.15, 0.2) is 0 Å². The van der Waals surface area contributed by atoms with Crippen LogP contribution in [0.5, 0.6) is 5.75 Å².